The van der Waals surface area contributed by atoms with Crippen LogP contribution in [0, 0.1) is 40.8 Å². The molecule has 0 unspecified atom stereocenters. The van der Waals surface area contributed by atoms with Crippen molar-refractivity contribution in [3.05, 3.63) is 0 Å². The summed E-state index contributed by atoms with van der Waals surface area (Å²) < 4.78 is 0. The predicted molar refractivity (Wildman–Crippen MR) is 17.1 cm³/mol. The first kappa shape index (κ1) is 25.8. The molecule has 0 aromatic heterocycles. The third-order valence-electron chi connectivity index (χ3n) is 0. The Hall–Kier alpha value is 2.52. The average Bonchev–Trinajstić information content (AvgIpc) is 1.00. The van der Waals surface area contributed by atoms with Crippen molar-refractivity contribution in [2.24, 2.45) is 0 Å². The zero-order valence-corrected chi connectivity index (χ0v) is 8.62. The molecule has 0 amide bonds. The minimum absolute atomic E-state index is 0. The van der Waals surface area contributed by atoms with Crippen LogP contribution < -0.4 is 0 Å². The second-order valence-corrected chi connectivity index (χ2v) is 0. The maximum Gasteiger partial charge on any atom is 0.0643 e. The standard InChI is InChI=1S/B2H4.2Fe.Nd/c1-2;;;/h1-2H2;;;. The molecule has 0 aliphatic carbocycles. The van der Waals surface area contributed by atoms with E-state index in [0.29, 0.717) is 0 Å². The minimum atomic E-state index is 0. The van der Waals surface area contributed by atoms with E-state index in [4.69, 9.17) is 0 Å². The molecule has 0 aliphatic rings. The van der Waals surface area contributed by atoms with Gasteiger partial charge in [-0.05, 0) is 0 Å². The molecule has 0 saturated carbocycles. The molecule has 0 aromatic carbocycles. The molecular weight excluding hydrogens is 278 g/mol. The van der Waals surface area contributed by atoms with Gasteiger partial charge in [0.15, 0.2) is 0 Å². The van der Waals surface area contributed by atoms with Crippen molar-refractivity contribution < 1.29 is 75.0 Å². The van der Waals surface area contributed by atoms with Gasteiger partial charge in [0.25, 0.3) is 0 Å². The SMILES string of the molecule is BB.[Fe].[Fe].[Nd]. The van der Waals surface area contributed by atoms with Gasteiger partial charge in [0.05, 0.1) is 15.5 Å². The van der Waals surface area contributed by atoms with Crippen molar-refractivity contribution in [2.45, 2.75) is 0 Å². The van der Waals surface area contributed by atoms with Gasteiger partial charge in [-0.1, -0.05) is 0 Å². The smallest absolute Gasteiger partial charge is 0 e. The Morgan fingerprint density at radius 3 is 0.800 bits per heavy atom. The summed E-state index contributed by atoms with van der Waals surface area (Å²) in [6.45, 7) is 0. The van der Waals surface area contributed by atoms with Crippen molar-refractivity contribution in [1.82, 2.24) is 0 Å². The van der Waals surface area contributed by atoms with Gasteiger partial charge in [-0.25, -0.2) is 0 Å². The third kappa shape index (κ3) is 21.0. The van der Waals surface area contributed by atoms with Crippen LogP contribution >= 0.6 is 0 Å². The predicted octanol–water partition coefficient (Wildman–Crippen LogP) is -1.84. The van der Waals surface area contributed by atoms with Gasteiger partial charge in [0.2, 0.25) is 0 Å². The molecule has 0 rings (SSSR count). The Labute approximate surface area is 88.9 Å². The quantitative estimate of drug-likeness (QED) is 0.458. The summed E-state index contributed by atoms with van der Waals surface area (Å²) in [6, 6.07) is 0. The van der Waals surface area contributed by atoms with E-state index >= 15 is 0 Å². The number of rotatable bonds is 0. The van der Waals surface area contributed by atoms with Gasteiger partial charge < -0.3 is 0 Å². The van der Waals surface area contributed by atoms with Crippen molar-refractivity contribution in [3.63, 3.8) is 0 Å². The fraction of sp³-hybridized carbons (Fsp3) is 0. The third-order valence-corrected chi connectivity index (χ3v) is 0. The molecule has 5 heteroatoms. The molecule has 0 saturated heterocycles. The summed E-state index contributed by atoms with van der Waals surface area (Å²) in [5, 5.41) is 0. The van der Waals surface area contributed by atoms with Crippen LogP contribution in [0.15, 0.2) is 0 Å². The first-order valence-corrected chi connectivity index (χ1v) is 1.00. The molecule has 0 nitrogen and oxygen atoms in total. The van der Waals surface area contributed by atoms with Gasteiger partial charge in [0, 0.05) is 75.0 Å². The summed E-state index contributed by atoms with van der Waals surface area (Å²) in [5.74, 6) is 0. The van der Waals surface area contributed by atoms with Crippen molar-refractivity contribution in [2.75, 3.05) is 0 Å². The first-order chi connectivity index (χ1) is 1.00. The van der Waals surface area contributed by atoms with E-state index in [1.165, 1.54) is 0 Å². The Morgan fingerprint density at radius 1 is 0.800 bits per heavy atom. The second kappa shape index (κ2) is 31.3. The van der Waals surface area contributed by atoms with Crippen LogP contribution in [0.1, 0.15) is 0 Å². The van der Waals surface area contributed by atoms with E-state index in [1.54, 1.807) is 0 Å². The zero-order valence-electron chi connectivity index (χ0n) is 3.21. The van der Waals surface area contributed by atoms with Gasteiger partial charge in [-0.2, -0.15) is 0 Å². The van der Waals surface area contributed by atoms with Gasteiger partial charge in [0.1, 0.15) is 0 Å². The normalized spacial score (nSPS) is 0.800. The average molecular weight is 282 g/mol. The molecule has 0 atom stereocenters. The van der Waals surface area contributed by atoms with E-state index in [2.05, 4.69) is 0 Å². The first-order valence-electron chi connectivity index (χ1n) is 1.00. The fourth-order valence-corrected chi connectivity index (χ4v) is 0. The Bertz CT molecular complexity index is 7.61. The Morgan fingerprint density at radius 2 is 0.800 bits per heavy atom. The van der Waals surface area contributed by atoms with E-state index < -0.39 is 0 Å². The van der Waals surface area contributed by atoms with E-state index in [0.717, 1.165) is 0 Å². The molecule has 0 spiro atoms. The van der Waals surface area contributed by atoms with Crippen molar-refractivity contribution in [3.8, 4) is 0 Å². The number of hydrogen-bond acceptors (Lipinski definition) is 0. The minimum Gasteiger partial charge on any atom is 0 e. The van der Waals surface area contributed by atoms with Crippen LogP contribution in [0.2, 0.25) is 0 Å². The zero-order chi connectivity index (χ0) is 2.00. The molecule has 0 radical (unpaired) electrons. The largest absolute Gasteiger partial charge is 0.0643 e. The van der Waals surface area contributed by atoms with E-state index in [9.17, 15) is 0 Å². The van der Waals surface area contributed by atoms with Gasteiger partial charge in [-0.3, -0.25) is 0 Å². The molecule has 0 heterocycles. The summed E-state index contributed by atoms with van der Waals surface area (Å²) in [7, 11) is 4.00. The Balaban J connectivity index is -0.00000000167. The Kier molecular flexibility index (Phi) is 161. The van der Waals surface area contributed by atoms with Crippen LogP contribution in [-0.2, 0) is 34.1 Å². The van der Waals surface area contributed by atoms with E-state index in [1.807, 2.05) is 15.5 Å². The summed E-state index contributed by atoms with van der Waals surface area (Å²) >= 11 is 0. The fourth-order valence-electron chi connectivity index (χ4n) is 0. The van der Waals surface area contributed by atoms with Crippen LogP contribution in [0.5, 0.6) is 0 Å². The summed E-state index contributed by atoms with van der Waals surface area (Å²) in [4.78, 5) is 0. The van der Waals surface area contributed by atoms with E-state index in [-0.39, 0.29) is 75.0 Å². The topological polar surface area (TPSA) is 0 Å². The maximum absolute atomic E-state index is 2.00. The monoisotopic (exact) mass is 280 g/mol. The van der Waals surface area contributed by atoms with Crippen LogP contribution in [0.3, 0.4) is 0 Å². The van der Waals surface area contributed by atoms with Gasteiger partial charge >= 0.3 is 0 Å². The molecule has 0 aromatic rings. The van der Waals surface area contributed by atoms with Crippen LogP contribution in [-0.4, -0.2) is 15.5 Å². The molecule has 0 aliphatic heterocycles. The molecule has 30 valence electrons. The second-order valence-electron chi connectivity index (χ2n) is 0. The van der Waals surface area contributed by atoms with Gasteiger partial charge in [-0.15, -0.1) is 0 Å². The molecule has 0 fully saturated rings. The van der Waals surface area contributed by atoms with Crippen molar-refractivity contribution >= 4 is 15.5 Å². The van der Waals surface area contributed by atoms with Crippen LogP contribution in [0.25, 0.3) is 0 Å². The molecule has 0 N–H and O–H groups in total. The number of hydrogen-bond donors (Lipinski definition) is 0. The summed E-state index contributed by atoms with van der Waals surface area (Å²) in [6.07, 6.45) is 0. The molecule has 0 bridgehead atoms. The van der Waals surface area contributed by atoms with Crippen LogP contribution in [0.4, 0.5) is 0 Å². The maximum atomic E-state index is 2.00. The molecule has 5 heavy (non-hydrogen) atoms. The summed E-state index contributed by atoms with van der Waals surface area (Å²) in [5.41, 5.74) is 0. The van der Waals surface area contributed by atoms with Crippen molar-refractivity contribution in [1.29, 1.82) is 0 Å². The molecular formula is H4B2Fe2Nd.